The molecule has 0 spiro atoms. The molecule has 0 aromatic carbocycles. The zero-order valence-electron chi connectivity index (χ0n) is 19.4. The lowest BCUT2D eigenvalue weighted by molar-refractivity contribution is -0.249. The van der Waals surface area contributed by atoms with Crippen molar-refractivity contribution in [3.05, 3.63) is 18.6 Å². The van der Waals surface area contributed by atoms with Crippen LogP contribution in [0.25, 0.3) is 0 Å². The van der Waals surface area contributed by atoms with Crippen molar-refractivity contribution in [3.8, 4) is 5.88 Å². The van der Waals surface area contributed by atoms with Crippen molar-refractivity contribution in [2.75, 3.05) is 23.8 Å². The monoisotopic (exact) mass is 512 g/mol. The molecule has 6 unspecified atom stereocenters. The van der Waals surface area contributed by atoms with Gasteiger partial charge in [0.2, 0.25) is 11.8 Å². The van der Waals surface area contributed by atoms with Gasteiger partial charge in [-0.15, -0.1) is 0 Å². The second-order valence-electron chi connectivity index (χ2n) is 9.80. The summed E-state index contributed by atoms with van der Waals surface area (Å²) >= 11 is 0. The Bertz CT molecular complexity index is 1130. The molecule has 4 aliphatic carbocycles. The lowest BCUT2D eigenvalue weighted by Gasteiger charge is -2.61. The molecular formula is C22H27F3N6O5. The van der Waals surface area contributed by atoms with Gasteiger partial charge >= 0.3 is 12.1 Å². The molecular weight excluding hydrogens is 485 g/mol. The number of anilines is 3. The average Bonchev–Trinajstić information content (AvgIpc) is 3.20. The Labute approximate surface area is 204 Å². The summed E-state index contributed by atoms with van der Waals surface area (Å²) in [5, 5.41) is 26.5. The third kappa shape index (κ3) is 4.78. The number of hydrogen-bond donors (Lipinski definition) is 4. The number of ether oxygens (including phenoxy) is 2. The fourth-order valence-electron chi connectivity index (χ4n) is 6.05. The molecule has 36 heavy (non-hydrogen) atoms. The number of halogens is 3. The molecule has 4 N–H and O–H groups in total. The number of aliphatic hydroxyl groups is 2. The number of aliphatic hydroxyl groups excluding tert-OH is 1. The number of imidazole rings is 1. The van der Waals surface area contributed by atoms with Crippen LogP contribution in [0, 0.1) is 17.8 Å². The van der Waals surface area contributed by atoms with Crippen molar-refractivity contribution >= 4 is 23.6 Å². The van der Waals surface area contributed by atoms with Gasteiger partial charge in [0.1, 0.15) is 29.9 Å². The van der Waals surface area contributed by atoms with Crippen molar-refractivity contribution in [1.29, 1.82) is 0 Å². The molecule has 11 nitrogen and oxygen atoms in total. The molecule has 2 aromatic rings. The SMILES string of the molecule is Cn1cnc(Nc2cc(OCCO)nc(NC3C4CC5CC3C(OC(=O)C(F)(F)F)C(O)(C5)C4)n2)c1. The van der Waals surface area contributed by atoms with Crippen molar-refractivity contribution in [3.63, 3.8) is 0 Å². The van der Waals surface area contributed by atoms with E-state index in [0.717, 1.165) is 6.42 Å². The van der Waals surface area contributed by atoms with Crippen LogP contribution in [-0.4, -0.2) is 72.8 Å². The van der Waals surface area contributed by atoms with Gasteiger partial charge in [0.05, 0.1) is 12.9 Å². The van der Waals surface area contributed by atoms with E-state index in [1.54, 1.807) is 17.1 Å². The van der Waals surface area contributed by atoms with Gasteiger partial charge in [-0.2, -0.15) is 23.1 Å². The number of carbonyl (C=O) groups excluding carboxylic acids is 1. The van der Waals surface area contributed by atoms with E-state index in [0.29, 0.717) is 24.5 Å². The maximum absolute atomic E-state index is 13.0. The van der Waals surface area contributed by atoms with Gasteiger partial charge in [-0.05, 0) is 37.5 Å². The smallest absolute Gasteiger partial charge is 0.475 e. The molecule has 4 saturated carbocycles. The summed E-state index contributed by atoms with van der Waals surface area (Å²) < 4.78 is 51.0. The molecule has 4 aliphatic rings. The van der Waals surface area contributed by atoms with Crippen LogP contribution in [0.3, 0.4) is 0 Å². The number of carbonyl (C=O) groups is 1. The summed E-state index contributed by atoms with van der Waals surface area (Å²) in [5.74, 6) is -1.59. The van der Waals surface area contributed by atoms with Gasteiger partial charge < -0.3 is 34.9 Å². The molecule has 2 heterocycles. The van der Waals surface area contributed by atoms with E-state index in [1.807, 2.05) is 7.05 Å². The topological polar surface area (TPSA) is 144 Å². The quantitative estimate of drug-likeness (QED) is 0.386. The maximum Gasteiger partial charge on any atom is 0.490 e. The van der Waals surface area contributed by atoms with Crippen molar-refractivity contribution in [1.82, 2.24) is 19.5 Å². The van der Waals surface area contributed by atoms with E-state index >= 15 is 0 Å². The second kappa shape index (κ2) is 9.07. The van der Waals surface area contributed by atoms with Gasteiger partial charge in [-0.3, -0.25) is 0 Å². The number of aromatic nitrogens is 4. The molecule has 0 amide bonds. The fourth-order valence-corrected chi connectivity index (χ4v) is 6.05. The van der Waals surface area contributed by atoms with Gasteiger partial charge in [0.25, 0.3) is 0 Å². The van der Waals surface area contributed by atoms with Gasteiger partial charge in [0.15, 0.2) is 0 Å². The minimum Gasteiger partial charge on any atom is -0.475 e. The van der Waals surface area contributed by atoms with Gasteiger partial charge in [-0.25, -0.2) is 9.78 Å². The van der Waals surface area contributed by atoms with Gasteiger partial charge in [0, 0.05) is 31.3 Å². The number of nitrogens with zero attached hydrogens (tertiary/aromatic N) is 4. The Morgan fingerprint density at radius 2 is 2.08 bits per heavy atom. The lowest BCUT2D eigenvalue weighted by atomic mass is 9.51. The minimum atomic E-state index is -5.15. The van der Waals surface area contributed by atoms with Crippen LogP contribution < -0.4 is 15.4 Å². The first-order chi connectivity index (χ1) is 17.0. The first-order valence-corrected chi connectivity index (χ1v) is 11.7. The summed E-state index contributed by atoms with van der Waals surface area (Å²) in [6.07, 6.45) is -1.30. The largest absolute Gasteiger partial charge is 0.490 e. The molecule has 4 bridgehead atoms. The standard InChI is InChI=1S/C22H27F3N6O5/c1-31-9-15(26-10-31)27-14-6-16(35-3-2-32)29-20(28-14)30-17-12-4-11-5-13(17)18(21(34,7-11)8-12)36-19(33)22(23,24)25/h6,9-13,17-18,32,34H,2-5,7-8H2,1H3,(H2,27,28,29,30). The maximum atomic E-state index is 13.0. The van der Waals surface area contributed by atoms with Crippen molar-refractivity contribution in [2.45, 2.75) is 49.6 Å². The highest BCUT2D eigenvalue weighted by Crippen LogP contribution is 2.57. The van der Waals surface area contributed by atoms with Crippen LogP contribution in [0.5, 0.6) is 5.88 Å². The second-order valence-corrected chi connectivity index (χ2v) is 9.80. The predicted octanol–water partition coefficient (Wildman–Crippen LogP) is 1.76. The number of aryl methyl sites for hydroxylation is 1. The van der Waals surface area contributed by atoms with Crippen LogP contribution >= 0.6 is 0 Å². The summed E-state index contributed by atoms with van der Waals surface area (Å²) in [4.78, 5) is 24.7. The van der Waals surface area contributed by atoms with E-state index in [-0.39, 0.29) is 43.3 Å². The van der Waals surface area contributed by atoms with E-state index in [1.165, 1.54) is 6.07 Å². The lowest BCUT2D eigenvalue weighted by Crippen LogP contribution is -2.68. The third-order valence-electron chi connectivity index (χ3n) is 7.15. The summed E-state index contributed by atoms with van der Waals surface area (Å²) in [7, 11) is 1.81. The van der Waals surface area contributed by atoms with Gasteiger partial charge in [-0.1, -0.05) is 0 Å². The zero-order valence-corrected chi connectivity index (χ0v) is 19.4. The first-order valence-electron chi connectivity index (χ1n) is 11.7. The minimum absolute atomic E-state index is 0.00165. The Morgan fingerprint density at radius 3 is 2.78 bits per heavy atom. The molecule has 0 saturated heterocycles. The Morgan fingerprint density at radius 1 is 1.28 bits per heavy atom. The van der Waals surface area contributed by atoms with Crippen LogP contribution in [0.4, 0.5) is 30.8 Å². The predicted molar refractivity (Wildman–Crippen MR) is 118 cm³/mol. The molecule has 2 aromatic heterocycles. The number of nitrogens with one attached hydrogen (secondary N) is 2. The molecule has 6 rings (SSSR count). The molecule has 0 radical (unpaired) electrons. The van der Waals surface area contributed by atoms with Crippen LogP contribution in [-0.2, 0) is 16.6 Å². The third-order valence-corrected chi connectivity index (χ3v) is 7.15. The highest BCUT2D eigenvalue weighted by atomic mass is 19.4. The normalized spacial score (nSPS) is 30.8. The summed E-state index contributed by atoms with van der Waals surface area (Å²) in [6.45, 7) is -0.229. The number of esters is 1. The van der Waals surface area contributed by atoms with Crippen LogP contribution in [0.2, 0.25) is 0 Å². The summed E-state index contributed by atoms with van der Waals surface area (Å²) in [6, 6.07) is 1.10. The average molecular weight is 512 g/mol. The van der Waals surface area contributed by atoms with E-state index in [2.05, 4.69) is 25.6 Å². The summed E-state index contributed by atoms with van der Waals surface area (Å²) in [5.41, 5.74) is -1.49. The molecule has 0 aliphatic heterocycles. The Hall–Kier alpha value is -3.13. The van der Waals surface area contributed by atoms with E-state index < -0.39 is 35.8 Å². The van der Waals surface area contributed by atoms with E-state index in [9.17, 15) is 23.1 Å². The van der Waals surface area contributed by atoms with E-state index in [4.69, 9.17) is 14.6 Å². The number of alkyl halides is 3. The molecule has 14 heteroatoms. The van der Waals surface area contributed by atoms with Crippen molar-refractivity contribution < 1.29 is 37.7 Å². The molecule has 196 valence electrons. The molecule has 6 atom stereocenters. The highest BCUT2D eigenvalue weighted by Gasteiger charge is 2.63. The van der Waals surface area contributed by atoms with Crippen molar-refractivity contribution in [2.24, 2.45) is 24.8 Å². The zero-order chi connectivity index (χ0) is 25.7. The van der Waals surface area contributed by atoms with Crippen LogP contribution in [0.1, 0.15) is 25.7 Å². The number of hydrogen-bond acceptors (Lipinski definition) is 10. The Balaban J connectivity index is 1.41. The number of rotatable bonds is 8. The first kappa shape index (κ1) is 24.6. The molecule has 4 fully saturated rings. The fraction of sp³-hybridized carbons (Fsp3) is 0.636. The van der Waals surface area contributed by atoms with Crippen LogP contribution in [0.15, 0.2) is 18.6 Å². The highest BCUT2D eigenvalue weighted by molar-refractivity contribution is 5.76. The Kier molecular flexibility index (Phi) is 6.19.